The summed E-state index contributed by atoms with van der Waals surface area (Å²) in [5.74, 6) is -0.226. The first-order chi connectivity index (χ1) is 9.72. The minimum atomic E-state index is -0.226. The maximum absolute atomic E-state index is 13.4. The molecule has 0 bridgehead atoms. The Kier molecular flexibility index (Phi) is 4.19. The van der Waals surface area contributed by atoms with Crippen molar-refractivity contribution in [1.29, 1.82) is 0 Å². The van der Waals surface area contributed by atoms with Crippen LogP contribution in [0.4, 0.5) is 10.1 Å². The Morgan fingerprint density at radius 3 is 2.65 bits per heavy atom. The van der Waals surface area contributed by atoms with Crippen LogP contribution in [0.25, 0.3) is 0 Å². The summed E-state index contributed by atoms with van der Waals surface area (Å²) in [6.45, 7) is 7.61. The molecule has 0 aromatic heterocycles. The monoisotopic (exact) mass is 279 g/mol. The fourth-order valence-corrected chi connectivity index (χ4v) is 3.05. The van der Waals surface area contributed by atoms with Gasteiger partial charge < -0.3 is 10.5 Å². The maximum atomic E-state index is 13.4. The molecule has 1 saturated heterocycles. The van der Waals surface area contributed by atoms with Crippen LogP contribution in [-0.2, 0) is 17.7 Å². The standard InChI is InChI=1S/C15H22FN3O/c16-13-9-12-11-19(2-1-14(12)15(17)10-13)4-3-18-5-7-20-8-6-18/h9-10H,1-8,11,17H2. The number of rotatable bonds is 3. The third-order valence-corrected chi connectivity index (χ3v) is 4.25. The second-order valence-corrected chi connectivity index (χ2v) is 5.61. The summed E-state index contributed by atoms with van der Waals surface area (Å²) in [5.41, 5.74) is 8.69. The molecule has 2 aliphatic rings. The van der Waals surface area contributed by atoms with E-state index in [1.54, 1.807) is 6.07 Å². The van der Waals surface area contributed by atoms with E-state index in [9.17, 15) is 4.39 Å². The van der Waals surface area contributed by atoms with Crippen LogP contribution in [0, 0.1) is 5.82 Å². The SMILES string of the molecule is Nc1cc(F)cc2c1CCN(CCN1CCOCC1)C2. The molecule has 0 spiro atoms. The first kappa shape index (κ1) is 13.8. The van der Waals surface area contributed by atoms with Gasteiger partial charge in [-0.2, -0.15) is 0 Å². The van der Waals surface area contributed by atoms with E-state index in [4.69, 9.17) is 10.5 Å². The highest BCUT2D eigenvalue weighted by Gasteiger charge is 2.20. The fraction of sp³-hybridized carbons (Fsp3) is 0.600. The highest BCUT2D eigenvalue weighted by atomic mass is 19.1. The van der Waals surface area contributed by atoms with Crippen molar-refractivity contribution >= 4 is 5.69 Å². The van der Waals surface area contributed by atoms with Gasteiger partial charge in [0.2, 0.25) is 0 Å². The Balaban J connectivity index is 1.58. The number of nitrogens with zero attached hydrogens (tertiary/aromatic N) is 2. The lowest BCUT2D eigenvalue weighted by Crippen LogP contribution is -2.42. The second-order valence-electron chi connectivity index (χ2n) is 5.61. The molecular weight excluding hydrogens is 257 g/mol. The minimum Gasteiger partial charge on any atom is -0.398 e. The molecule has 1 aromatic rings. The first-order valence-corrected chi connectivity index (χ1v) is 7.31. The smallest absolute Gasteiger partial charge is 0.125 e. The number of nitrogens with two attached hydrogens (primary N) is 1. The molecule has 1 aromatic carbocycles. The van der Waals surface area contributed by atoms with E-state index >= 15 is 0 Å². The number of fused-ring (bicyclic) bond motifs is 1. The number of ether oxygens (including phenoxy) is 1. The molecule has 110 valence electrons. The van der Waals surface area contributed by atoms with Crippen LogP contribution >= 0.6 is 0 Å². The average Bonchev–Trinajstić information content (AvgIpc) is 2.45. The van der Waals surface area contributed by atoms with E-state index in [-0.39, 0.29) is 5.82 Å². The average molecular weight is 279 g/mol. The van der Waals surface area contributed by atoms with Gasteiger partial charge in [-0.1, -0.05) is 0 Å². The number of benzene rings is 1. The second kappa shape index (κ2) is 6.08. The summed E-state index contributed by atoms with van der Waals surface area (Å²) in [7, 11) is 0. The number of hydrogen-bond donors (Lipinski definition) is 1. The third kappa shape index (κ3) is 3.11. The summed E-state index contributed by atoms with van der Waals surface area (Å²) >= 11 is 0. The largest absolute Gasteiger partial charge is 0.398 e. The highest BCUT2D eigenvalue weighted by molar-refractivity contribution is 5.52. The zero-order valence-electron chi connectivity index (χ0n) is 11.8. The van der Waals surface area contributed by atoms with Crippen LogP contribution in [0.15, 0.2) is 12.1 Å². The third-order valence-electron chi connectivity index (χ3n) is 4.25. The lowest BCUT2D eigenvalue weighted by atomic mass is 9.98. The molecule has 0 saturated carbocycles. The van der Waals surface area contributed by atoms with Crippen molar-refractivity contribution in [1.82, 2.24) is 9.80 Å². The molecular formula is C15H22FN3O. The van der Waals surface area contributed by atoms with Gasteiger partial charge in [0.1, 0.15) is 5.82 Å². The van der Waals surface area contributed by atoms with Crippen molar-refractivity contribution < 1.29 is 9.13 Å². The van der Waals surface area contributed by atoms with E-state index in [1.807, 2.05) is 0 Å². The molecule has 0 unspecified atom stereocenters. The maximum Gasteiger partial charge on any atom is 0.125 e. The molecule has 2 heterocycles. The van der Waals surface area contributed by atoms with E-state index < -0.39 is 0 Å². The van der Waals surface area contributed by atoms with E-state index in [1.165, 1.54) is 6.07 Å². The van der Waals surface area contributed by atoms with Crippen LogP contribution in [0.1, 0.15) is 11.1 Å². The molecule has 0 amide bonds. The molecule has 0 aliphatic carbocycles. The molecule has 2 aliphatic heterocycles. The van der Waals surface area contributed by atoms with Gasteiger partial charge in [-0.25, -0.2) is 4.39 Å². The lowest BCUT2D eigenvalue weighted by Gasteiger charge is -2.33. The van der Waals surface area contributed by atoms with Gasteiger partial charge in [0.25, 0.3) is 0 Å². The molecule has 2 N–H and O–H groups in total. The fourth-order valence-electron chi connectivity index (χ4n) is 3.05. The summed E-state index contributed by atoms with van der Waals surface area (Å²) in [5, 5.41) is 0. The van der Waals surface area contributed by atoms with E-state index in [0.29, 0.717) is 5.69 Å². The van der Waals surface area contributed by atoms with Crippen LogP contribution < -0.4 is 5.73 Å². The number of hydrogen-bond acceptors (Lipinski definition) is 4. The van der Waals surface area contributed by atoms with Gasteiger partial charge in [0.05, 0.1) is 13.2 Å². The van der Waals surface area contributed by atoms with Crippen molar-refractivity contribution in [2.24, 2.45) is 0 Å². The summed E-state index contributed by atoms with van der Waals surface area (Å²) in [6, 6.07) is 3.06. The van der Waals surface area contributed by atoms with Gasteiger partial charge in [-0.3, -0.25) is 9.80 Å². The zero-order chi connectivity index (χ0) is 13.9. The Morgan fingerprint density at radius 1 is 1.10 bits per heavy atom. The van der Waals surface area contributed by atoms with Gasteiger partial charge in [-0.05, 0) is 29.7 Å². The van der Waals surface area contributed by atoms with Crippen LogP contribution in [-0.4, -0.2) is 55.7 Å². The van der Waals surface area contributed by atoms with Crippen LogP contribution in [0.3, 0.4) is 0 Å². The number of anilines is 1. The Morgan fingerprint density at radius 2 is 1.85 bits per heavy atom. The van der Waals surface area contributed by atoms with Gasteiger partial charge in [0.15, 0.2) is 0 Å². The van der Waals surface area contributed by atoms with Gasteiger partial charge >= 0.3 is 0 Å². The number of morpholine rings is 1. The van der Waals surface area contributed by atoms with Crippen molar-refractivity contribution in [3.63, 3.8) is 0 Å². The molecule has 20 heavy (non-hydrogen) atoms. The highest BCUT2D eigenvalue weighted by Crippen LogP contribution is 2.25. The predicted octanol–water partition coefficient (Wildman–Crippen LogP) is 1.10. The summed E-state index contributed by atoms with van der Waals surface area (Å²) < 4.78 is 18.8. The van der Waals surface area contributed by atoms with Gasteiger partial charge in [-0.15, -0.1) is 0 Å². The van der Waals surface area contributed by atoms with Crippen molar-refractivity contribution in [3.05, 3.63) is 29.1 Å². The lowest BCUT2D eigenvalue weighted by molar-refractivity contribution is 0.0327. The molecule has 4 nitrogen and oxygen atoms in total. The first-order valence-electron chi connectivity index (χ1n) is 7.31. The molecule has 1 fully saturated rings. The molecule has 5 heteroatoms. The van der Waals surface area contributed by atoms with Crippen LogP contribution in [0.5, 0.6) is 0 Å². The van der Waals surface area contributed by atoms with Crippen molar-refractivity contribution in [3.8, 4) is 0 Å². The van der Waals surface area contributed by atoms with E-state index in [2.05, 4.69) is 9.80 Å². The summed E-state index contributed by atoms with van der Waals surface area (Å²) in [6.07, 6.45) is 0.921. The summed E-state index contributed by atoms with van der Waals surface area (Å²) in [4.78, 5) is 4.82. The minimum absolute atomic E-state index is 0.226. The van der Waals surface area contributed by atoms with E-state index in [0.717, 1.165) is 70.0 Å². The van der Waals surface area contributed by atoms with Crippen molar-refractivity contribution in [2.75, 3.05) is 51.7 Å². The topological polar surface area (TPSA) is 41.7 Å². The Bertz CT molecular complexity index is 474. The predicted molar refractivity (Wildman–Crippen MR) is 77.1 cm³/mol. The van der Waals surface area contributed by atoms with Crippen molar-refractivity contribution in [2.45, 2.75) is 13.0 Å². The number of nitrogen functional groups attached to an aromatic ring is 1. The Labute approximate surface area is 119 Å². The normalized spacial score (nSPS) is 20.9. The molecule has 0 atom stereocenters. The quantitative estimate of drug-likeness (QED) is 0.841. The molecule has 3 rings (SSSR count). The number of halogens is 1. The zero-order valence-corrected chi connectivity index (χ0v) is 11.8. The van der Waals surface area contributed by atoms with Crippen LogP contribution in [0.2, 0.25) is 0 Å². The Hall–Kier alpha value is -1.17. The molecule has 0 radical (unpaired) electrons. The van der Waals surface area contributed by atoms with Gasteiger partial charge in [0, 0.05) is 45.0 Å².